The maximum atomic E-state index is 4.43. The molecule has 0 saturated heterocycles. The van der Waals surface area contributed by atoms with Gasteiger partial charge in [-0.3, -0.25) is 4.98 Å². The van der Waals surface area contributed by atoms with E-state index in [-0.39, 0.29) is 0 Å². The molecule has 2 heteroatoms. The second-order valence-corrected chi connectivity index (χ2v) is 4.11. The molecule has 0 saturated carbocycles. The van der Waals surface area contributed by atoms with Crippen molar-refractivity contribution in [2.24, 2.45) is 0 Å². The molecule has 84 valence electrons. The van der Waals surface area contributed by atoms with Crippen molar-refractivity contribution in [3.63, 3.8) is 0 Å². The lowest BCUT2D eigenvalue weighted by Gasteiger charge is -2.10. The summed E-state index contributed by atoms with van der Waals surface area (Å²) in [4.78, 5) is 4.43. The van der Waals surface area contributed by atoms with Gasteiger partial charge in [0.1, 0.15) is 0 Å². The van der Waals surface area contributed by atoms with Crippen molar-refractivity contribution in [2.45, 2.75) is 26.7 Å². The zero-order chi connectivity index (χ0) is 11.4. The number of aromatic nitrogens is 1. The van der Waals surface area contributed by atoms with E-state index < -0.39 is 0 Å². The van der Waals surface area contributed by atoms with E-state index in [0.717, 1.165) is 12.1 Å². The predicted molar refractivity (Wildman–Crippen MR) is 69.9 cm³/mol. The molecule has 0 aliphatic carbocycles. The van der Waals surface area contributed by atoms with Gasteiger partial charge in [-0.15, -0.1) is 0 Å². The molecule has 1 heterocycles. The normalized spacial score (nSPS) is 10.6. The second-order valence-electron chi connectivity index (χ2n) is 4.11. The van der Waals surface area contributed by atoms with E-state index in [0.29, 0.717) is 0 Å². The highest BCUT2D eigenvalue weighted by Crippen LogP contribution is 2.24. The van der Waals surface area contributed by atoms with Crippen molar-refractivity contribution < 1.29 is 0 Å². The number of rotatable bonds is 4. The van der Waals surface area contributed by atoms with Crippen LogP contribution in [-0.4, -0.2) is 11.5 Å². The van der Waals surface area contributed by atoms with Crippen LogP contribution in [0.15, 0.2) is 30.5 Å². The minimum Gasteiger partial charge on any atom is -0.384 e. The fourth-order valence-corrected chi connectivity index (χ4v) is 1.87. The molecule has 2 aromatic rings. The number of hydrogen-bond donors (Lipinski definition) is 1. The monoisotopic (exact) mass is 214 g/mol. The van der Waals surface area contributed by atoms with E-state index in [9.17, 15) is 0 Å². The zero-order valence-corrected chi connectivity index (χ0v) is 9.96. The summed E-state index contributed by atoms with van der Waals surface area (Å²) >= 11 is 0. The summed E-state index contributed by atoms with van der Waals surface area (Å²) in [7, 11) is 0. The van der Waals surface area contributed by atoms with E-state index in [1.165, 1.54) is 29.5 Å². The Kier molecular flexibility index (Phi) is 3.40. The molecule has 2 rings (SSSR count). The first-order valence-corrected chi connectivity index (χ1v) is 5.91. The largest absolute Gasteiger partial charge is 0.384 e. The topological polar surface area (TPSA) is 24.9 Å². The molecule has 0 aliphatic heterocycles. The lowest BCUT2D eigenvalue weighted by molar-refractivity contribution is 0.835. The van der Waals surface area contributed by atoms with Gasteiger partial charge in [-0.05, 0) is 37.1 Å². The summed E-state index contributed by atoms with van der Waals surface area (Å²) in [6.07, 6.45) is 4.27. The Bertz CT molecular complexity index is 477. The molecule has 1 N–H and O–H groups in total. The van der Waals surface area contributed by atoms with Crippen molar-refractivity contribution in [1.29, 1.82) is 0 Å². The maximum absolute atomic E-state index is 4.43. The zero-order valence-electron chi connectivity index (χ0n) is 9.96. The average Bonchev–Trinajstić information content (AvgIpc) is 2.33. The molecule has 2 nitrogen and oxygen atoms in total. The highest BCUT2D eigenvalue weighted by Gasteiger charge is 2.02. The van der Waals surface area contributed by atoms with Crippen molar-refractivity contribution >= 4 is 16.6 Å². The Labute approximate surface area is 96.7 Å². The molecule has 0 radical (unpaired) electrons. The van der Waals surface area contributed by atoms with Crippen LogP contribution < -0.4 is 5.32 Å². The molecule has 0 atom stereocenters. The third-order valence-electron chi connectivity index (χ3n) is 2.82. The summed E-state index contributed by atoms with van der Waals surface area (Å²) in [6.45, 7) is 5.34. The van der Waals surface area contributed by atoms with Crippen LogP contribution in [0.4, 0.5) is 5.69 Å². The second kappa shape index (κ2) is 4.97. The summed E-state index contributed by atoms with van der Waals surface area (Å²) in [6, 6.07) is 8.40. The number of benzene rings is 1. The summed E-state index contributed by atoms with van der Waals surface area (Å²) < 4.78 is 0. The Morgan fingerprint density at radius 2 is 2.12 bits per heavy atom. The Hall–Kier alpha value is -1.57. The van der Waals surface area contributed by atoms with E-state index in [4.69, 9.17) is 0 Å². The maximum Gasteiger partial charge on any atom is 0.0751 e. The Morgan fingerprint density at radius 3 is 2.94 bits per heavy atom. The molecule has 0 amide bonds. The standard InChI is InChI=1S/C14H18N2/c1-3-4-9-15-13-8-7-11(2)14-12(13)6-5-10-16-14/h5-8,10,15H,3-4,9H2,1-2H3. The van der Waals surface area contributed by atoms with Gasteiger partial charge in [0.15, 0.2) is 0 Å². The van der Waals surface area contributed by atoms with Crippen molar-refractivity contribution in [3.05, 3.63) is 36.0 Å². The summed E-state index contributed by atoms with van der Waals surface area (Å²) in [5, 5.41) is 4.70. The van der Waals surface area contributed by atoms with Crippen LogP contribution in [0.2, 0.25) is 0 Å². The van der Waals surface area contributed by atoms with Crippen LogP contribution in [0.5, 0.6) is 0 Å². The lowest BCUT2D eigenvalue weighted by atomic mass is 10.1. The summed E-state index contributed by atoms with van der Waals surface area (Å²) in [5.74, 6) is 0. The van der Waals surface area contributed by atoms with Crippen LogP contribution >= 0.6 is 0 Å². The number of nitrogens with zero attached hydrogens (tertiary/aromatic N) is 1. The van der Waals surface area contributed by atoms with Gasteiger partial charge in [-0.2, -0.15) is 0 Å². The van der Waals surface area contributed by atoms with E-state index in [1.54, 1.807) is 0 Å². The highest BCUT2D eigenvalue weighted by atomic mass is 14.9. The molecule has 1 aromatic carbocycles. The van der Waals surface area contributed by atoms with Crippen molar-refractivity contribution in [1.82, 2.24) is 4.98 Å². The Morgan fingerprint density at radius 1 is 1.25 bits per heavy atom. The van der Waals surface area contributed by atoms with E-state index in [2.05, 4.69) is 42.3 Å². The minimum absolute atomic E-state index is 1.03. The van der Waals surface area contributed by atoms with E-state index >= 15 is 0 Å². The molecule has 0 unspecified atom stereocenters. The Balaban J connectivity index is 2.35. The quantitative estimate of drug-likeness (QED) is 0.784. The smallest absolute Gasteiger partial charge is 0.0751 e. The molecule has 16 heavy (non-hydrogen) atoms. The number of nitrogens with one attached hydrogen (secondary N) is 1. The van der Waals surface area contributed by atoms with Crippen molar-refractivity contribution in [3.8, 4) is 0 Å². The number of hydrogen-bond acceptors (Lipinski definition) is 2. The van der Waals surface area contributed by atoms with Gasteiger partial charge in [0.2, 0.25) is 0 Å². The molecule has 0 fully saturated rings. The number of fused-ring (bicyclic) bond motifs is 1. The number of pyridine rings is 1. The van der Waals surface area contributed by atoms with Crippen molar-refractivity contribution in [2.75, 3.05) is 11.9 Å². The number of anilines is 1. The molecule has 0 bridgehead atoms. The van der Waals surface area contributed by atoms with Gasteiger partial charge >= 0.3 is 0 Å². The fourth-order valence-electron chi connectivity index (χ4n) is 1.87. The first kappa shape index (κ1) is 10.9. The molecule has 0 spiro atoms. The molecular formula is C14H18N2. The van der Waals surface area contributed by atoms with Gasteiger partial charge in [-0.25, -0.2) is 0 Å². The van der Waals surface area contributed by atoms with Gasteiger partial charge in [0.05, 0.1) is 5.52 Å². The fraction of sp³-hybridized carbons (Fsp3) is 0.357. The molecule has 1 aromatic heterocycles. The van der Waals surface area contributed by atoms with Gasteiger partial charge < -0.3 is 5.32 Å². The SMILES string of the molecule is CCCCNc1ccc(C)c2ncccc12. The number of aryl methyl sites for hydroxylation is 1. The average molecular weight is 214 g/mol. The van der Waals surface area contributed by atoms with Crippen LogP contribution in [0, 0.1) is 6.92 Å². The number of unbranched alkanes of at least 4 members (excludes halogenated alkanes) is 1. The molecule has 0 aliphatic rings. The minimum atomic E-state index is 1.03. The molecular weight excluding hydrogens is 196 g/mol. The third kappa shape index (κ3) is 2.16. The lowest BCUT2D eigenvalue weighted by Crippen LogP contribution is -2.01. The highest BCUT2D eigenvalue weighted by molar-refractivity contribution is 5.93. The first-order valence-electron chi connectivity index (χ1n) is 5.91. The predicted octanol–water partition coefficient (Wildman–Crippen LogP) is 3.76. The van der Waals surface area contributed by atoms with Crippen LogP contribution in [0.25, 0.3) is 10.9 Å². The van der Waals surface area contributed by atoms with Crippen LogP contribution in [-0.2, 0) is 0 Å². The van der Waals surface area contributed by atoms with Crippen LogP contribution in [0.1, 0.15) is 25.3 Å². The van der Waals surface area contributed by atoms with Gasteiger partial charge in [-0.1, -0.05) is 19.4 Å². The van der Waals surface area contributed by atoms with Gasteiger partial charge in [0, 0.05) is 23.8 Å². The first-order chi connectivity index (χ1) is 7.83. The van der Waals surface area contributed by atoms with Crippen LogP contribution in [0.3, 0.4) is 0 Å². The summed E-state index contributed by atoms with van der Waals surface area (Å²) in [5.41, 5.74) is 3.53. The van der Waals surface area contributed by atoms with E-state index in [1.807, 2.05) is 12.3 Å². The third-order valence-corrected chi connectivity index (χ3v) is 2.82. The van der Waals surface area contributed by atoms with Gasteiger partial charge in [0.25, 0.3) is 0 Å².